The van der Waals surface area contributed by atoms with Crippen LogP contribution in [0.25, 0.3) is 0 Å². The highest BCUT2D eigenvalue weighted by atomic mass is 16.5. The molecule has 2 rings (SSSR count). The molecule has 0 unspecified atom stereocenters. The predicted molar refractivity (Wildman–Crippen MR) is 75.3 cm³/mol. The molecular weight excluding hydrogens is 256 g/mol. The number of carbonyl (C=O) groups excluding carboxylic acids is 1. The fourth-order valence-corrected chi connectivity index (χ4v) is 1.66. The third kappa shape index (κ3) is 3.23. The summed E-state index contributed by atoms with van der Waals surface area (Å²) < 4.78 is 5.05. The summed E-state index contributed by atoms with van der Waals surface area (Å²) in [6.45, 7) is 2.17. The second-order valence-corrected chi connectivity index (χ2v) is 4.29. The fraction of sp³-hybridized carbons (Fsp3) is 0.214. The van der Waals surface area contributed by atoms with Crippen LogP contribution in [0.15, 0.2) is 30.6 Å². The lowest BCUT2D eigenvalue weighted by Crippen LogP contribution is -2.23. The number of benzene rings is 1. The Labute approximate surface area is 117 Å². The minimum Gasteiger partial charge on any atom is -0.495 e. The van der Waals surface area contributed by atoms with E-state index in [0.717, 1.165) is 5.69 Å². The summed E-state index contributed by atoms with van der Waals surface area (Å²) in [5.41, 5.74) is 8.20. The van der Waals surface area contributed by atoms with Gasteiger partial charge in [-0.2, -0.15) is 0 Å². The molecule has 3 N–H and O–H groups in total. The van der Waals surface area contributed by atoms with Gasteiger partial charge in [-0.1, -0.05) is 0 Å². The first-order valence-electron chi connectivity index (χ1n) is 6.09. The topological polar surface area (TPSA) is 90.1 Å². The molecule has 6 nitrogen and oxygen atoms in total. The number of aromatic nitrogens is 2. The molecule has 1 amide bonds. The fourth-order valence-electron chi connectivity index (χ4n) is 1.66. The van der Waals surface area contributed by atoms with Crippen LogP contribution in [0, 0.1) is 6.92 Å². The van der Waals surface area contributed by atoms with Crippen molar-refractivity contribution in [2.45, 2.75) is 13.5 Å². The number of nitrogens with zero attached hydrogens (tertiary/aromatic N) is 2. The van der Waals surface area contributed by atoms with Gasteiger partial charge in [-0.3, -0.25) is 14.8 Å². The van der Waals surface area contributed by atoms with Gasteiger partial charge in [0.25, 0.3) is 5.91 Å². The van der Waals surface area contributed by atoms with Gasteiger partial charge in [0.2, 0.25) is 0 Å². The molecule has 0 bridgehead atoms. The molecule has 1 heterocycles. The Morgan fingerprint density at radius 3 is 2.75 bits per heavy atom. The van der Waals surface area contributed by atoms with Crippen LogP contribution in [0.5, 0.6) is 5.75 Å². The number of hydrogen-bond donors (Lipinski definition) is 2. The number of aryl methyl sites for hydroxylation is 1. The molecule has 0 fully saturated rings. The number of ether oxygens (including phenoxy) is 1. The number of anilines is 1. The van der Waals surface area contributed by atoms with E-state index in [1.807, 2.05) is 6.92 Å². The minimum absolute atomic E-state index is 0.221. The summed E-state index contributed by atoms with van der Waals surface area (Å²) in [6, 6.07) is 4.90. The summed E-state index contributed by atoms with van der Waals surface area (Å²) >= 11 is 0. The SMILES string of the molecule is COc1ccc(C(=O)NCc2cnc(C)cn2)cc1N. The molecule has 0 saturated heterocycles. The summed E-state index contributed by atoms with van der Waals surface area (Å²) in [5, 5.41) is 2.76. The molecule has 0 aliphatic heterocycles. The molecule has 0 aliphatic carbocycles. The Hall–Kier alpha value is -2.63. The standard InChI is InChI=1S/C14H16N4O2/c1-9-6-17-11(7-16-9)8-18-14(19)10-3-4-13(20-2)12(15)5-10/h3-7H,8,15H2,1-2H3,(H,18,19). The first kappa shape index (κ1) is 13.8. The minimum atomic E-state index is -0.221. The van der Waals surface area contributed by atoms with Crippen LogP contribution in [-0.2, 0) is 6.54 Å². The number of nitrogens with two attached hydrogens (primary N) is 1. The van der Waals surface area contributed by atoms with Gasteiger partial charge in [-0.15, -0.1) is 0 Å². The Morgan fingerprint density at radius 1 is 1.35 bits per heavy atom. The number of nitrogens with one attached hydrogen (secondary N) is 1. The maximum Gasteiger partial charge on any atom is 0.251 e. The van der Waals surface area contributed by atoms with Crippen molar-refractivity contribution in [3.8, 4) is 5.75 Å². The maximum absolute atomic E-state index is 12.0. The van der Waals surface area contributed by atoms with Crippen molar-refractivity contribution in [2.24, 2.45) is 0 Å². The van der Waals surface area contributed by atoms with Crippen molar-refractivity contribution in [1.29, 1.82) is 0 Å². The van der Waals surface area contributed by atoms with E-state index in [-0.39, 0.29) is 5.91 Å². The molecule has 0 saturated carbocycles. The summed E-state index contributed by atoms with van der Waals surface area (Å²) in [4.78, 5) is 20.3. The van der Waals surface area contributed by atoms with Crippen molar-refractivity contribution < 1.29 is 9.53 Å². The highest BCUT2D eigenvalue weighted by Gasteiger charge is 2.08. The van der Waals surface area contributed by atoms with Crippen molar-refractivity contribution in [2.75, 3.05) is 12.8 Å². The Morgan fingerprint density at radius 2 is 2.15 bits per heavy atom. The lowest BCUT2D eigenvalue weighted by atomic mass is 10.1. The molecule has 1 aromatic carbocycles. The second kappa shape index (κ2) is 6.01. The number of carbonyl (C=O) groups is 1. The van der Waals surface area contributed by atoms with E-state index in [4.69, 9.17) is 10.5 Å². The molecule has 0 spiro atoms. The molecule has 0 atom stereocenters. The number of amides is 1. The molecule has 2 aromatic rings. The van der Waals surface area contributed by atoms with E-state index in [1.54, 1.807) is 30.6 Å². The summed E-state index contributed by atoms with van der Waals surface area (Å²) in [6.07, 6.45) is 3.30. The molecule has 6 heteroatoms. The van der Waals surface area contributed by atoms with Crippen LogP contribution in [0.3, 0.4) is 0 Å². The number of hydrogen-bond acceptors (Lipinski definition) is 5. The molecule has 1 aromatic heterocycles. The third-order valence-corrected chi connectivity index (χ3v) is 2.76. The third-order valence-electron chi connectivity index (χ3n) is 2.76. The van der Waals surface area contributed by atoms with E-state index in [2.05, 4.69) is 15.3 Å². The van der Waals surface area contributed by atoms with Gasteiger partial charge in [0.15, 0.2) is 0 Å². The van der Waals surface area contributed by atoms with E-state index in [0.29, 0.717) is 29.2 Å². The Balaban J connectivity index is 2.01. The van der Waals surface area contributed by atoms with Crippen LogP contribution in [0.1, 0.15) is 21.7 Å². The molecule has 0 aliphatic rings. The van der Waals surface area contributed by atoms with Gasteiger partial charge < -0.3 is 15.8 Å². The smallest absolute Gasteiger partial charge is 0.251 e. The van der Waals surface area contributed by atoms with Crippen molar-refractivity contribution >= 4 is 11.6 Å². The zero-order valence-corrected chi connectivity index (χ0v) is 11.4. The maximum atomic E-state index is 12.0. The highest BCUT2D eigenvalue weighted by molar-refractivity contribution is 5.95. The van der Waals surface area contributed by atoms with Gasteiger partial charge in [0.1, 0.15) is 5.75 Å². The average Bonchev–Trinajstić information content (AvgIpc) is 2.46. The quantitative estimate of drug-likeness (QED) is 0.819. The predicted octanol–water partition coefficient (Wildman–Crippen LogP) is 1.31. The first-order chi connectivity index (χ1) is 9.60. The molecule has 20 heavy (non-hydrogen) atoms. The van der Waals surface area contributed by atoms with Crippen LogP contribution < -0.4 is 15.8 Å². The van der Waals surface area contributed by atoms with E-state index >= 15 is 0 Å². The average molecular weight is 272 g/mol. The number of rotatable bonds is 4. The van der Waals surface area contributed by atoms with Gasteiger partial charge in [-0.25, -0.2) is 0 Å². The lowest BCUT2D eigenvalue weighted by molar-refractivity contribution is 0.0950. The van der Waals surface area contributed by atoms with Crippen LogP contribution >= 0.6 is 0 Å². The Bertz CT molecular complexity index is 611. The van der Waals surface area contributed by atoms with Gasteiger partial charge in [0.05, 0.1) is 36.9 Å². The van der Waals surface area contributed by atoms with Crippen LogP contribution in [0.2, 0.25) is 0 Å². The number of methoxy groups -OCH3 is 1. The van der Waals surface area contributed by atoms with E-state index in [1.165, 1.54) is 7.11 Å². The van der Waals surface area contributed by atoms with Crippen LogP contribution in [-0.4, -0.2) is 23.0 Å². The van der Waals surface area contributed by atoms with E-state index in [9.17, 15) is 4.79 Å². The molecule has 0 radical (unpaired) electrons. The Kier molecular flexibility index (Phi) is 4.14. The summed E-state index contributed by atoms with van der Waals surface area (Å²) in [7, 11) is 1.53. The largest absolute Gasteiger partial charge is 0.495 e. The van der Waals surface area contributed by atoms with Gasteiger partial charge >= 0.3 is 0 Å². The lowest BCUT2D eigenvalue weighted by Gasteiger charge is -2.08. The van der Waals surface area contributed by atoms with Gasteiger partial charge in [-0.05, 0) is 25.1 Å². The normalized spacial score (nSPS) is 10.1. The number of nitrogen functional groups attached to an aromatic ring is 1. The second-order valence-electron chi connectivity index (χ2n) is 4.29. The van der Waals surface area contributed by atoms with E-state index < -0.39 is 0 Å². The molecule has 104 valence electrons. The monoisotopic (exact) mass is 272 g/mol. The highest BCUT2D eigenvalue weighted by Crippen LogP contribution is 2.21. The van der Waals surface area contributed by atoms with Crippen molar-refractivity contribution in [3.05, 3.63) is 47.5 Å². The van der Waals surface area contributed by atoms with Gasteiger partial charge in [0, 0.05) is 11.8 Å². The van der Waals surface area contributed by atoms with Crippen molar-refractivity contribution in [1.82, 2.24) is 15.3 Å². The van der Waals surface area contributed by atoms with Crippen LogP contribution in [0.4, 0.5) is 5.69 Å². The summed E-state index contributed by atoms with van der Waals surface area (Å²) in [5.74, 6) is 0.327. The van der Waals surface area contributed by atoms with Crippen molar-refractivity contribution in [3.63, 3.8) is 0 Å². The zero-order valence-electron chi connectivity index (χ0n) is 11.4. The first-order valence-corrected chi connectivity index (χ1v) is 6.09. The molecular formula is C14H16N4O2. The zero-order chi connectivity index (χ0) is 14.5.